The van der Waals surface area contributed by atoms with Gasteiger partial charge in [0.25, 0.3) is 11.1 Å². The van der Waals surface area contributed by atoms with E-state index >= 15 is 0 Å². The second-order valence-electron chi connectivity index (χ2n) is 8.09. The first-order valence-electron chi connectivity index (χ1n) is 11.3. The van der Waals surface area contributed by atoms with Crippen LogP contribution in [0.25, 0.3) is 17.0 Å². The van der Waals surface area contributed by atoms with Gasteiger partial charge in [0.1, 0.15) is 12.3 Å². The van der Waals surface area contributed by atoms with Crippen molar-refractivity contribution < 1.29 is 18.8 Å². The molecule has 1 saturated heterocycles. The molecule has 4 aromatic rings. The van der Waals surface area contributed by atoms with Crippen LogP contribution in [0.3, 0.4) is 0 Å². The standard InChI is InChI=1S/C27H23N3O4S/c1-2-18-8-6-12-22-19(14-23-26(32)30(27(33)35-23)20-9-4-3-5-10-20)16-29(25(18)22)17-24(31)28-15-21-11-7-13-34-21/h3-14,16H,2,15,17H2,1H3,(H,28,31)/b23-14-. The van der Waals surface area contributed by atoms with Crippen LogP contribution in [-0.4, -0.2) is 21.6 Å². The van der Waals surface area contributed by atoms with Gasteiger partial charge in [-0.25, -0.2) is 4.90 Å². The van der Waals surface area contributed by atoms with E-state index in [9.17, 15) is 14.4 Å². The second kappa shape index (κ2) is 9.68. The smallest absolute Gasteiger partial charge is 0.298 e. The highest BCUT2D eigenvalue weighted by molar-refractivity contribution is 8.19. The van der Waals surface area contributed by atoms with Gasteiger partial charge in [-0.1, -0.05) is 43.3 Å². The van der Waals surface area contributed by atoms with Crippen molar-refractivity contribution in [3.8, 4) is 0 Å². The fourth-order valence-electron chi connectivity index (χ4n) is 4.21. The number of hydrogen-bond donors (Lipinski definition) is 1. The highest BCUT2D eigenvalue weighted by Gasteiger charge is 2.36. The maximum atomic E-state index is 13.1. The third-order valence-corrected chi connectivity index (χ3v) is 6.71. The Hall–Kier alpha value is -4.04. The van der Waals surface area contributed by atoms with Crippen LogP contribution in [0, 0.1) is 0 Å². The molecule has 1 N–H and O–H groups in total. The molecule has 1 fully saturated rings. The molecule has 3 heterocycles. The Morgan fingerprint density at radius 3 is 2.63 bits per heavy atom. The third kappa shape index (κ3) is 4.52. The topological polar surface area (TPSA) is 84.5 Å². The molecule has 0 saturated carbocycles. The minimum absolute atomic E-state index is 0.119. The number of anilines is 1. The Bertz CT molecular complexity index is 1440. The van der Waals surface area contributed by atoms with E-state index in [4.69, 9.17) is 4.42 Å². The summed E-state index contributed by atoms with van der Waals surface area (Å²) in [6, 6.07) is 18.4. The second-order valence-corrected chi connectivity index (χ2v) is 9.08. The van der Waals surface area contributed by atoms with E-state index < -0.39 is 0 Å². The summed E-state index contributed by atoms with van der Waals surface area (Å²) in [5.74, 6) is 0.176. The van der Waals surface area contributed by atoms with Crippen molar-refractivity contribution in [2.45, 2.75) is 26.4 Å². The molecule has 3 amide bonds. The van der Waals surface area contributed by atoms with Gasteiger partial charge in [-0.15, -0.1) is 0 Å². The number of imide groups is 1. The number of carbonyl (C=O) groups excluding carboxylic acids is 3. The van der Waals surface area contributed by atoms with Crippen LogP contribution >= 0.6 is 11.8 Å². The van der Waals surface area contributed by atoms with Crippen LogP contribution < -0.4 is 10.2 Å². The first-order chi connectivity index (χ1) is 17.0. The molecule has 0 unspecified atom stereocenters. The quantitative estimate of drug-likeness (QED) is 0.357. The highest BCUT2D eigenvalue weighted by atomic mass is 32.2. The zero-order chi connectivity index (χ0) is 24.4. The van der Waals surface area contributed by atoms with Crippen LogP contribution in [0.4, 0.5) is 10.5 Å². The predicted octanol–water partition coefficient (Wildman–Crippen LogP) is 5.35. The Labute approximate surface area is 206 Å². The maximum Gasteiger partial charge on any atom is 0.298 e. The van der Waals surface area contributed by atoms with Gasteiger partial charge >= 0.3 is 0 Å². The van der Waals surface area contributed by atoms with Gasteiger partial charge in [0.05, 0.1) is 28.9 Å². The number of amides is 3. The molecule has 2 aromatic heterocycles. The van der Waals surface area contributed by atoms with E-state index in [1.54, 1.807) is 48.7 Å². The molecule has 0 aliphatic carbocycles. The Kier molecular flexibility index (Phi) is 6.29. The van der Waals surface area contributed by atoms with Gasteiger partial charge in [-0.2, -0.15) is 0 Å². The summed E-state index contributed by atoms with van der Waals surface area (Å²) in [5, 5.41) is 3.47. The monoisotopic (exact) mass is 485 g/mol. The average Bonchev–Trinajstić information content (AvgIpc) is 3.57. The van der Waals surface area contributed by atoms with Gasteiger partial charge in [0, 0.05) is 17.1 Å². The molecule has 1 aliphatic rings. The largest absolute Gasteiger partial charge is 0.467 e. The molecule has 8 heteroatoms. The highest BCUT2D eigenvalue weighted by Crippen LogP contribution is 2.37. The van der Waals surface area contributed by atoms with E-state index in [1.807, 2.05) is 35.0 Å². The van der Waals surface area contributed by atoms with E-state index in [2.05, 4.69) is 12.2 Å². The summed E-state index contributed by atoms with van der Waals surface area (Å²) < 4.78 is 7.19. The van der Waals surface area contributed by atoms with E-state index in [0.29, 0.717) is 22.9 Å². The molecular formula is C27H23N3O4S. The minimum atomic E-state index is -0.352. The maximum absolute atomic E-state index is 13.1. The summed E-state index contributed by atoms with van der Waals surface area (Å²) in [7, 11) is 0. The van der Waals surface area contributed by atoms with Gasteiger partial charge in [0.2, 0.25) is 5.91 Å². The predicted molar refractivity (Wildman–Crippen MR) is 137 cm³/mol. The van der Waals surface area contributed by atoms with Crippen molar-refractivity contribution in [1.82, 2.24) is 9.88 Å². The van der Waals surface area contributed by atoms with Gasteiger partial charge in [0.15, 0.2) is 0 Å². The lowest BCUT2D eigenvalue weighted by molar-refractivity contribution is -0.121. The summed E-state index contributed by atoms with van der Waals surface area (Å²) in [5.41, 5.74) is 3.37. The zero-order valence-electron chi connectivity index (χ0n) is 19.1. The van der Waals surface area contributed by atoms with Crippen LogP contribution in [0.2, 0.25) is 0 Å². The van der Waals surface area contributed by atoms with Crippen molar-refractivity contribution in [3.63, 3.8) is 0 Å². The summed E-state index contributed by atoms with van der Waals surface area (Å²) in [4.78, 5) is 40.0. The Balaban J connectivity index is 1.47. The van der Waals surface area contributed by atoms with Crippen molar-refractivity contribution in [2.24, 2.45) is 0 Å². The molecule has 5 rings (SSSR count). The molecule has 35 heavy (non-hydrogen) atoms. The van der Waals surface area contributed by atoms with Gasteiger partial charge in [-0.3, -0.25) is 14.4 Å². The number of benzene rings is 2. The van der Waals surface area contributed by atoms with Crippen LogP contribution in [-0.2, 0) is 29.1 Å². The first kappa shape index (κ1) is 22.7. The number of rotatable bonds is 7. The van der Waals surface area contributed by atoms with Crippen molar-refractivity contribution in [3.05, 3.63) is 94.9 Å². The SMILES string of the molecule is CCc1cccc2c(/C=C3\SC(=O)N(c4ccccc4)C3=O)cn(CC(=O)NCc3ccco3)c12. The van der Waals surface area contributed by atoms with Gasteiger partial charge in [-0.05, 0) is 54.1 Å². The van der Waals surface area contributed by atoms with E-state index in [-0.39, 0.29) is 23.6 Å². The van der Waals surface area contributed by atoms with Crippen molar-refractivity contribution in [1.29, 1.82) is 0 Å². The lowest BCUT2D eigenvalue weighted by Crippen LogP contribution is -2.27. The number of fused-ring (bicyclic) bond motifs is 1. The van der Waals surface area contributed by atoms with Crippen LogP contribution in [0.15, 0.2) is 82.4 Å². The number of thioether (sulfide) groups is 1. The Morgan fingerprint density at radius 1 is 1.06 bits per heavy atom. The number of nitrogens with zero attached hydrogens (tertiary/aromatic N) is 2. The molecular weight excluding hydrogens is 462 g/mol. The lowest BCUT2D eigenvalue weighted by atomic mass is 10.1. The molecule has 2 aromatic carbocycles. The zero-order valence-corrected chi connectivity index (χ0v) is 19.9. The molecule has 0 spiro atoms. The normalized spacial score (nSPS) is 14.9. The van der Waals surface area contributed by atoms with E-state index in [0.717, 1.165) is 40.2 Å². The lowest BCUT2D eigenvalue weighted by Gasteiger charge is -2.11. The minimum Gasteiger partial charge on any atom is -0.467 e. The average molecular weight is 486 g/mol. The molecule has 176 valence electrons. The molecule has 0 atom stereocenters. The number of aromatic nitrogens is 1. The van der Waals surface area contributed by atoms with E-state index in [1.165, 1.54) is 4.90 Å². The number of hydrogen-bond acceptors (Lipinski definition) is 5. The number of para-hydroxylation sites is 2. The van der Waals surface area contributed by atoms with Crippen LogP contribution in [0.5, 0.6) is 0 Å². The van der Waals surface area contributed by atoms with Crippen molar-refractivity contribution in [2.75, 3.05) is 4.90 Å². The summed E-state index contributed by atoms with van der Waals surface area (Å²) >= 11 is 0.919. The number of nitrogens with one attached hydrogen (secondary N) is 1. The summed E-state index contributed by atoms with van der Waals surface area (Å²) in [6.07, 6.45) is 5.97. The fraction of sp³-hybridized carbons (Fsp3) is 0.148. The van der Waals surface area contributed by atoms with Gasteiger partial charge < -0.3 is 14.3 Å². The number of furan rings is 1. The molecule has 0 bridgehead atoms. The Morgan fingerprint density at radius 2 is 1.89 bits per heavy atom. The first-order valence-corrected chi connectivity index (χ1v) is 12.1. The molecule has 0 radical (unpaired) electrons. The number of carbonyl (C=O) groups is 3. The molecule has 1 aliphatic heterocycles. The summed E-state index contributed by atoms with van der Waals surface area (Å²) in [6.45, 7) is 2.49. The number of aryl methyl sites for hydroxylation is 1. The fourth-order valence-corrected chi connectivity index (χ4v) is 5.04. The third-order valence-electron chi connectivity index (χ3n) is 5.84. The van der Waals surface area contributed by atoms with Crippen LogP contribution in [0.1, 0.15) is 23.8 Å². The van der Waals surface area contributed by atoms with Crippen molar-refractivity contribution >= 4 is 51.5 Å². The molecule has 7 nitrogen and oxygen atoms in total.